The van der Waals surface area contributed by atoms with Gasteiger partial charge >= 0.3 is 6.18 Å². The standard InChI is InChI=1S/C19H15F4N3O2.ClH/c20-14-3-1-12(15(6-14)19(21,22)23)7-24-8-13-9-25-26-18(13)11-2-4-16-17(5-11)28-10-27-16;/h1-6,9,24H,7-8,10H2,(H,25,26);1H. The molecule has 154 valence electrons. The van der Waals surface area contributed by atoms with E-state index in [0.29, 0.717) is 17.6 Å². The summed E-state index contributed by atoms with van der Waals surface area (Å²) in [5.74, 6) is 0.349. The fraction of sp³-hybridized carbons (Fsp3) is 0.211. The summed E-state index contributed by atoms with van der Waals surface area (Å²) in [5, 5.41) is 9.87. The fourth-order valence-corrected chi connectivity index (χ4v) is 3.05. The van der Waals surface area contributed by atoms with E-state index in [9.17, 15) is 17.6 Å². The number of fused-ring (bicyclic) bond motifs is 1. The van der Waals surface area contributed by atoms with Crippen molar-refractivity contribution in [3.63, 3.8) is 0 Å². The van der Waals surface area contributed by atoms with Gasteiger partial charge in [-0.15, -0.1) is 12.4 Å². The van der Waals surface area contributed by atoms with E-state index < -0.39 is 17.6 Å². The fourth-order valence-electron chi connectivity index (χ4n) is 3.05. The van der Waals surface area contributed by atoms with Gasteiger partial charge in [0.2, 0.25) is 6.79 Å². The minimum absolute atomic E-state index is 0. The first-order valence-corrected chi connectivity index (χ1v) is 8.40. The van der Waals surface area contributed by atoms with Crippen LogP contribution in [0.4, 0.5) is 17.6 Å². The molecule has 0 unspecified atom stereocenters. The van der Waals surface area contributed by atoms with Crippen molar-refractivity contribution in [2.45, 2.75) is 19.3 Å². The molecule has 0 bridgehead atoms. The van der Waals surface area contributed by atoms with E-state index in [1.165, 1.54) is 0 Å². The molecular formula is C19H16ClF4N3O2. The molecule has 0 spiro atoms. The van der Waals surface area contributed by atoms with E-state index in [2.05, 4.69) is 15.5 Å². The molecule has 2 N–H and O–H groups in total. The number of ether oxygens (including phenoxy) is 2. The van der Waals surface area contributed by atoms with Gasteiger partial charge in [-0.25, -0.2) is 4.39 Å². The van der Waals surface area contributed by atoms with E-state index in [1.54, 1.807) is 18.3 Å². The maximum atomic E-state index is 13.2. The summed E-state index contributed by atoms with van der Waals surface area (Å²) >= 11 is 0. The van der Waals surface area contributed by atoms with Crippen LogP contribution in [-0.2, 0) is 19.3 Å². The van der Waals surface area contributed by atoms with Gasteiger partial charge in [-0.1, -0.05) is 6.07 Å². The van der Waals surface area contributed by atoms with Gasteiger partial charge < -0.3 is 14.8 Å². The van der Waals surface area contributed by atoms with Gasteiger partial charge in [-0.3, -0.25) is 5.10 Å². The van der Waals surface area contributed by atoms with Crippen molar-refractivity contribution >= 4 is 12.4 Å². The van der Waals surface area contributed by atoms with Crippen molar-refractivity contribution in [3.05, 3.63) is 65.1 Å². The zero-order valence-corrected chi connectivity index (χ0v) is 15.7. The topological polar surface area (TPSA) is 59.2 Å². The first-order valence-electron chi connectivity index (χ1n) is 8.40. The maximum Gasteiger partial charge on any atom is 0.416 e. The number of hydrogen-bond acceptors (Lipinski definition) is 4. The number of aromatic nitrogens is 2. The Bertz CT molecular complexity index is 1010. The number of aromatic amines is 1. The van der Waals surface area contributed by atoms with Gasteiger partial charge in [0, 0.05) is 24.2 Å². The van der Waals surface area contributed by atoms with Crippen LogP contribution in [0.2, 0.25) is 0 Å². The Hall–Kier alpha value is -2.78. The Kier molecular flexibility index (Phi) is 5.99. The minimum atomic E-state index is -4.62. The lowest BCUT2D eigenvalue weighted by Gasteiger charge is -2.13. The number of hydrogen-bond donors (Lipinski definition) is 2. The first-order chi connectivity index (χ1) is 13.4. The molecule has 0 amide bonds. The van der Waals surface area contributed by atoms with Gasteiger partial charge in [-0.05, 0) is 35.9 Å². The molecule has 0 fully saturated rings. The highest BCUT2D eigenvalue weighted by Crippen LogP contribution is 2.36. The molecule has 10 heteroatoms. The number of benzene rings is 2. The average molecular weight is 430 g/mol. The molecule has 2 heterocycles. The van der Waals surface area contributed by atoms with Crippen LogP contribution in [0.15, 0.2) is 42.6 Å². The van der Waals surface area contributed by atoms with Crippen LogP contribution in [0, 0.1) is 5.82 Å². The predicted molar refractivity (Wildman–Crippen MR) is 99.3 cm³/mol. The molecule has 0 saturated heterocycles. The molecule has 0 aliphatic carbocycles. The normalized spacial score (nSPS) is 12.7. The minimum Gasteiger partial charge on any atom is -0.454 e. The highest BCUT2D eigenvalue weighted by Gasteiger charge is 2.33. The van der Waals surface area contributed by atoms with Crippen molar-refractivity contribution in [2.24, 2.45) is 0 Å². The third-order valence-electron chi connectivity index (χ3n) is 4.39. The van der Waals surface area contributed by atoms with Crippen LogP contribution >= 0.6 is 12.4 Å². The summed E-state index contributed by atoms with van der Waals surface area (Å²) in [4.78, 5) is 0. The van der Waals surface area contributed by atoms with Crippen LogP contribution < -0.4 is 14.8 Å². The summed E-state index contributed by atoms with van der Waals surface area (Å²) < 4.78 is 63.1. The summed E-state index contributed by atoms with van der Waals surface area (Å²) in [6.45, 7) is 0.366. The molecule has 4 rings (SSSR count). The zero-order valence-electron chi connectivity index (χ0n) is 14.8. The molecule has 1 aromatic heterocycles. The number of rotatable bonds is 5. The van der Waals surface area contributed by atoms with Crippen LogP contribution in [0.25, 0.3) is 11.3 Å². The van der Waals surface area contributed by atoms with Gasteiger partial charge in [0.1, 0.15) is 5.82 Å². The van der Waals surface area contributed by atoms with Gasteiger partial charge in [0.15, 0.2) is 11.5 Å². The summed E-state index contributed by atoms with van der Waals surface area (Å²) in [5.41, 5.74) is 1.30. The van der Waals surface area contributed by atoms with Crippen LogP contribution in [0.5, 0.6) is 11.5 Å². The van der Waals surface area contributed by atoms with Crippen molar-refractivity contribution < 1.29 is 27.0 Å². The van der Waals surface area contributed by atoms with Crippen LogP contribution in [0.1, 0.15) is 16.7 Å². The number of nitrogens with zero attached hydrogens (tertiary/aromatic N) is 1. The van der Waals surface area contributed by atoms with Crippen LogP contribution in [0.3, 0.4) is 0 Å². The highest BCUT2D eigenvalue weighted by molar-refractivity contribution is 5.85. The molecule has 1 aliphatic rings. The molecule has 1 aliphatic heterocycles. The zero-order chi connectivity index (χ0) is 19.7. The Balaban J connectivity index is 0.00000240. The quantitative estimate of drug-likeness (QED) is 0.578. The van der Waals surface area contributed by atoms with Crippen molar-refractivity contribution in [2.75, 3.05) is 6.79 Å². The third-order valence-corrected chi connectivity index (χ3v) is 4.39. The second kappa shape index (κ2) is 8.30. The van der Waals surface area contributed by atoms with E-state index in [0.717, 1.165) is 29.0 Å². The van der Waals surface area contributed by atoms with Crippen LogP contribution in [-0.4, -0.2) is 17.0 Å². The van der Waals surface area contributed by atoms with Crippen molar-refractivity contribution in [1.29, 1.82) is 0 Å². The molecule has 5 nitrogen and oxygen atoms in total. The molecule has 0 saturated carbocycles. The Morgan fingerprint density at radius 3 is 2.55 bits per heavy atom. The SMILES string of the molecule is Cl.Fc1ccc(CNCc2cn[nH]c2-c2ccc3c(c2)OCO3)c(C(F)(F)F)c1. The predicted octanol–water partition coefficient (Wildman–Crippen LogP) is 4.67. The molecular weight excluding hydrogens is 414 g/mol. The monoisotopic (exact) mass is 429 g/mol. The van der Waals surface area contributed by atoms with Gasteiger partial charge in [0.05, 0.1) is 17.5 Å². The summed E-state index contributed by atoms with van der Waals surface area (Å²) in [6, 6.07) is 8.09. The molecule has 0 atom stereocenters. The maximum absolute atomic E-state index is 13.2. The van der Waals surface area contributed by atoms with E-state index in [4.69, 9.17) is 9.47 Å². The lowest BCUT2D eigenvalue weighted by molar-refractivity contribution is -0.138. The summed E-state index contributed by atoms with van der Waals surface area (Å²) in [7, 11) is 0. The van der Waals surface area contributed by atoms with Gasteiger partial charge in [-0.2, -0.15) is 18.3 Å². The summed E-state index contributed by atoms with van der Waals surface area (Å²) in [6.07, 6.45) is -3.02. The highest BCUT2D eigenvalue weighted by atomic mass is 35.5. The van der Waals surface area contributed by atoms with Gasteiger partial charge in [0.25, 0.3) is 0 Å². The van der Waals surface area contributed by atoms with E-state index in [1.807, 2.05) is 6.07 Å². The molecule has 3 aromatic rings. The van der Waals surface area contributed by atoms with Crippen molar-refractivity contribution in [3.8, 4) is 22.8 Å². The van der Waals surface area contributed by atoms with Crippen molar-refractivity contribution in [1.82, 2.24) is 15.5 Å². The van der Waals surface area contributed by atoms with E-state index >= 15 is 0 Å². The molecule has 29 heavy (non-hydrogen) atoms. The van der Waals surface area contributed by atoms with E-state index in [-0.39, 0.29) is 37.9 Å². The Morgan fingerprint density at radius 1 is 1.00 bits per heavy atom. The second-order valence-corrected chi connectivity index (χ2v) is 6.24. The second-order valence-electron chi connectivity index (χ2n) is 6.24. The number of H-pyrrole nitrogens is 1. The molecule has 2 aromatic carbocycles. The lowest BCUT2D eigenvalue weighted by atomic mass is 10.1. The Morgan fingerprint density at radius 2 is 1.76 bits per heavy atom. The number of alkyl halides is 3. The lowest BCUT2D eigenvalue weighted by Crippen LogP contribution is -2.17. The smallest absolute Gasteiger partial charge is 0.416 e. The number of nitrogens with one attached hydrogen (secondary N) is 2. The largest absolute Gasteiger partial charge is 0.454 e. The molecule has 0 radical (unpaired) electrons. The third kappa shape index (κ3) is 4.46. The Labute approximate surface area is 169 Å². The number of halogens is 5. The first kappa shape index (κ1) is 20.9. The average Bonchev–Trinajstić information content (AvgIpc) is 3.30.